The van der Waals surface area contributed by atoms with Crippen molar-refractivity contribution in [3.63, 3.8) is 0 Å². The Balaban J connectivity index is 1.63. The number of rotatable bonds is 5. The first-order valence-corrected chi connectivity index (χ1v) is 12.7. The SMILES string of the molecule is COc1ccc(COC2/C=C\C[C@H](C)OC(=O)c3c(O)cc(OC)cc3/C=C/C[C@@H]3OC(C)(C)O[C@H]23)cc1. The molecule has 0 amide bonds. The summed E-state index contributed by atoms with van der Waals surface area (Å²) in [4.78, 5) is 13.0. The highest BCUT2D eigenvalue weighted by Crippen LogP contribution is 2.35. The number of phenols is 1. The van der Waals surface area contributed by atoms with Crippen molar-refractivity contribution < 1.29 is 38.3 Å². The molecule has 0 spiro atoms. The first-order chi connectivity index (χ1) is 18.2. The molecule has 204 valence electrons. The third-order valence-corrected chi connectivity index (χ3v) is 6.48. The molecule has 8 nitrogen and oxygen atoms in total. The number of hydrogen-bond donors (Lipinski definition) is 1. The molecule has 1 unspecified atom stereocenters. The van der Waals surface area contributed by atoms with Crippen molar-refractivity contribution in [3.8, 4) is 17.2 Å². The molecule has 0 aromatic heterocycles. The molecule has 0 bridgehead atoms. The number of hydrogen-bond acceptors (Lipinski definition) is 8. The Kier molecular flexibility index (Phi) is 8.76. The van der Waals surface area contributed by atoms with Gasteiger partial charge in [-0.2, -0.15) is 0 Å². The normalized spacial score (nSPS) is 26.8. The van der Waals surface area contributed by atoms with E-state index in [1.807, 2.05) is 56.3 Å². The third kappa shape index (κ3) is 6.75. The lowest BCUT2D eigenvalue weighted by atomic mass is 10.0. The van der Waals surface area contributed by atoms with Crippen molar-refractivity contribution in [3.05, 3.63) is 71.3 Å². The van der Waals surface area contributed by atoms with E-state index in [0.717, 1.165) is 11.3 Å². The Morgan fingerprint density at radius 1 is 1.00 bits per heavy atom. The Morgan fingerprint density at radius 2 is 1.74 bits per heavy atom. The summed E-state index contributed by atoms with van der Waals surface area (Å²) in [5.74, 6) is -0.380. The molecule has 2 aromatic carbocycles. The fraction of sp³-hybridized carbons (Fsp3) is 0.433. The number of methoxy groups -OCH3 is 2. The van der Waals surface area contributed by atoms with Crippen LogP contribution in [0.2, 0.25) is 0 Å². The van der Waals surface area contributed by atoms with E-state index in [2.05, 4.69) is 0 Å². The summed E-state index contributed by atoms with van der Waals surface area (Å²) in [6.45, 7) is 5.95. The Bertz CT molecular complexity index is 1170. The molecule has 2 aliphatic rings. The van der Waals surface area contributed by atoms with Crippen molar-refractivity contribution in [1.82, 2.24) is 0 Å². The van der Waals surface area contributed by atoms with E-state index in [9.17, 15) is 9.90 Å². The second-order valence-electron chi connectivity index (χ2n) is 9.89. The van der Waals surface area contributed by atoms with Gasteiger partial charge in [0.15, 0.2) is 5.79 Å². The maximum Gasteiger partial charge on any atom is 0.342 e. The molecule has 2 aliphatic heterocycles. The zero-order valence-corrected chi connectivity index (χ0v) is 22.5. The predicted molar refractivity (Wildman–Crippen MR) is 142 cm³/mol. The molecular formula is C30H36O8. The molecule has 0 saturated carbocycles. The molecule has 4 atom stereocenters. The minimum atomic E-state index is -0.793. The number of esters is 1. The quantitative estimate of drug-likeness (QED) is 0.409. The number of cyclic esters (lactones) is 1. The smallest absolute Gasteiger partial charge is 0.342 e. The first-order valence-electron chi connectivity index (χ1n) is 12.7. The molecular weight excluding hydrogens is 488 g/mol. The van der Waals surface area contributed by atoms with Crippen LogP contribution in [0.25, 0.3) is 6.08 Å². The molecule has 1 saturated heterocycles. The number of ether oxygens (including phenoxy) is 6. The van der Waals surface area contributed by atoms with Crippen LogP contribution in [0, 0.1) is 0 Å². The van der Waals surface area contributed by atoms with Gasteiger partial charge in [0.25, 0.3) is 0 Å². The van der Waals surface area contributed by atoms with Gasteiger partial charge >= 0.3 is 5.97 Å². The largest absolute Gasteiger partial charge is 0.507 e. The summed E-state index contributed by atoms with van der Waals surface area (Å²) in [5.41, 5.74) is 1.59. The first kappa shape index (κ1) is 27.7. The van der Waals surface area contributed by atoms with Gasteiger partial charge in [-0.3, -0.25) is 0 Å². The maximum atomic E-state index is 13.0. The fourth-order valence-corrected chi connectivity index (χ4v) is 4.61. The monoisotopic (exact) mass is 524 g/mol. The van der Waals surface area contributed by atoms with Crippen LogP contribution in [-0.4, -0.2) is 55.5 Å². The van der Waals surface area contributed by atoms with Crippen LogP contribution in [0.5, 0.6) is 17.2 Å². The van der Waals surface area contributed by atoms with E-state index in [4.69, 9.17) is 28.4 Å². The molecule has 0 radical (unpaired) electrons. The number of aromatic hydroxyl groups is 1. The molecule has 8 heteroatoms. The third-order valence-electron chi connectivity index (χ3n) is 6.48. The maximum absolute atomic E-state index is 13.0. The average Bonchev–Trinajstić information content (AvgIpc) is 3.19. The highest BCUT2D eigenvalue weighted by Gasteiger charge is 2.44. The van der Waals surface area contributed by atoms with Gasteiger partial charge in [0.2, 0.25) is 0 Å². The molecule has 38 heavy (non-hydrogen) atoms. The van der Waals surface area contributed by atoms with Gasteiger partial charge in [-0.05, 0) is 56.5 Å². The highest BCUT2D eigenvalue weighted by molar-refractivity contribution is 5.97. The molecule has 4 rings (SSSR count). The van der Waals surface area contributed by atoms with Gasteiger partial charge in [-0.1, -0.05) is 36.4 Å². The van der Waals surface area contributed by atoms with Crippen molar-refractivity contribution in [1.29, 1.82) is 0 Å². The summed E-state index contributed by atoms with van der Waals surface area (Å²) in [6.07, 6.45) is 6.97. The summed E-state index contributed by atoms with van der Waals surface area (Å²) >= 11 is 0. The zero-order valence-electron chi connectivity index (χ0n) is 22.5. The standard InChI is InChI=1S/C30H36O8/c1-19-8-6-10-25(35-18-20-12-14-22(33-4)15-13-20)28-26(37-30(2,3)38-28)11-7-9-21-16-23(34-5)17-24(31)27(21)29(32)36-19/h6-7,9-10,12-17,19,25-26,28,31H,8,11,18H2,1-5H3/b9-7+,10-6-/t19-,25?,26-,28+/m0/s1. The number of phenolic OH excluding ortho intramolecular Hbond substituents is 1. The highest BCUT2D eigenvalue weighted by atomic mass is 16.8. The average molecular weight is 525 g/mol. The molecule has 1 fully saturated rings. The number of fused-ring (bicyclic) bond motifs is 2. The van der Waals surface area contributed by atoms with Gasteiger partial charge in [-0.25, -0.2) is 4.79 Å². The van der Waals surface area contributed by atoms with Crippen LogP contribution in [0.15, 0.2) is 54.6 Å². The topological polar surface area (TPSA) is 92.7 Å². The predicted octanol–water partition coefficient (Wildman–Crippen LogP) is 5.42. The van der Waals surface area contributed by atoms with Crippen molar-refractivity contribution in [2.45, 2.75) is 70.4 Å². The molecule has 2 aromatic rings. The second kappa shape index (κ2) is 12.0. The Morgan fingerprint density at radius 3 is 2.45 bits per heavy atom. The summed E-state index contributed by atoms with van der Waals surface area (Å²) in [6, 6.07) is 10.8. The van der Waals surface area contributed by atoms with Gasteiger partial charge in [0.05, 0.1) is 26.9 Å². The number of carbonyl (C=O) groups excluding carboxylic acids is 1. The van der Waals surface area contributed by atoms with E-state index in [1.54, 1.807) is 26.2 Å². The van der Waals surface area contributed by atoms with Crippen LogP contribution in [0.1, 0.15) is 55.1 Å². The van der Waals surface area contributed by atoms with Crippen LogP contribution >= 0.6 is 0 Å². The van der Waals surface area contributed by atoms with Crippen molar-refractivity contribution in [2.24, 2.45) is 0 Å². The van der Waals surface area contributed by atoms with Gasteiger partial charge in [0.1, 0.15) is 41.1 Å². The lowest BCUT2D eigenvalue weighted by molar-refractivity contribution is -0.156. The summed E-state index contributed by atoms with van der Waals surface area (Å²) < 4.78 is 35.1. The minimum Gasteiger partial charge on any atom is -0.507 e. The van der Waals surface area contributed by atoms with Crippen molar-refractivity contribution in [2.75, 3.05) is 14.2 Å². The van der Waals surface area contributed by atoms with Crippen LogP contribution in [-0.2, 0) is 25.6 Å². The Hall–Kier alpha value is -3.33. The lowest BCUT2D eigenvalue weighted by Gasteiger charge is -2.25. The number of benzene rings is 2. The van der Waals surface area contributed by atoms with Crippen LogP contribution in [0.3, 0.4) is 0 Å². The molecule has 0 aliphatic carbocycles. The van der Waals surface area contributed by atoms with Gasteiger partial charge in [-0.15, -0.1) is 0 Å². The second-order valence-corrected chi connectivity index (χ2v) is 9.89. The lowest BCUT2D eigenvalue weighted by Crippen LogP contribution is -2.36. The summed E-state index contributed by atoms with van der Waals surface area (Å²) in [5, 5.41) is 10.6. The number of carbonyl (C=O) groups is 1. The zero-order chi connectivity index (χ0) is 27.3. The summed E-state index contributed by atoms with van der Waals surface area (Å²) in [7, 11) is 3.14. The van der Waals surface area contributed by atoms with E-state index in [-0.39, 0.29) is 23.5 Å². The van der Waals surface area contributed by atoms with Crippen LogP contribution in [0.4, 0.5) is 0 Å². The van der Waals surface area contributed by atoms with Crippen LogP contribution < -0.4 is 9.47 Å². The van der Waals surface area contributed by atoms with E-state index in [1.165, 1.54) is 13.2 Å². The van der Waals surface area contributed by atoms with E-state index in [0.29, 0.717) is 30.8 Å². The molecule has 1 N–H and O–H groups in total. The van der Waals surface area contributed by atoms with Gasteiger partial charge < -0.3 is 33.5 Å². The van der Waals surface area contributed by atoms with E-state index >= 15 is 0 Å². The van der Waals surface area contributed by atoms with E-state index < -0.39 is 24.0 Å². The Labute approximate surface area is 223 Å². The molecule has 2 heterocycles. The fourth-order valence-electron chi connectivity index (χ4n) is 4.61. The van der Waals surface area contributed by atoms with Crippen molar-refractivity contribution >= 4 is 12.0 Å². The van der Waals surface area contributed by atoms with Gasteiger partial charge in [0, 0.05) is 12.5 Å². The minimum absolute atomic E-state index is 0.0936.